The van der Waals surface area contributed by atoms with Gasteiger partial charge in [0.05, 0.1) is 12.7 Å². The number of alkyl halides is 3. The van der Waals surface area contributed by atoms with Crippen LogP contribution in [0, 0.1) is 0 Å². The van der Waals surface area contributed by atoms with Gasteiger partial charge in [0.2, 0.25) is 5.95 Å². The van der Waals surface area contributed by atoms with Crippen LogP contribution in [0.3, 0.4) is 0 Å². The number of aliphatic carboxylic acids is 1. The molecule has 0 bridgehead atoms. The van der Waals surface area contributed by atoms with E-state index >= 15 is 0 Å². The lowest BCUT2D eigenvalue weighted by Gasteiger charge is -2.36. The molecule has 2 aromatic rings. The molecule has 2 aromatic heterocycles. The van der Waals surface area contributed by atoms with Gasteiger partial charge in [-0.15, -0.1) is 0 Å². The van der Waals surface area contributed by atoms with Crippen LogP contribution in [0.25, 0.3) is 0 Å². The fraction of sp³-hybridized carbons (Fsp3) is 0.450. The molecular formula is C20H22F3N5O4. The molecule has 1 aliphatic carbocycles. The van der Waals surface area contributed by atoms with E-state index in [9.17, 15) is 18.0 Å². The number of carbonyl (C=O) groups is 2. The Morgan fingerprint density at radius 1 is 1.03 bits per heavy atom. The van der Waals surface area contributed by atoms with E-state index in [0.717, 1.165) is 39.0 Å². The predicted molar refractivity (Wildman–Crippen MR) is 108 cm³/mol. The zero-order chi connectivity index (χ0) is 23.3. The molecule has 4 rings (SSSR count). The van der Waals surface area contributed by atoms with E-state index in [2.05, 4.69) is 35.6 Å². The van der Waals surface area contributed by atoms with E-state index in [4.69, 9.17) is 9.90 Å². The molecule has 32 heavy (non-hydrogen) atoms. The van der Waals surface area contributed by atoms with Gasteiger partial charge in [-0.2, -0.15) is 13.2 Å². The Hall–Kier alpha value is -3.44. The number of aryl methyl sites for hydroxylation is 1. The van der Waals surface area contributed by atoms with Crippen molar-refractivity contribution in [1.29, 1.82) is 0 Å². The molecule has 0 aromatic carbocycles. The summed E-state index contributed by atoms with van der Waals surface area (Å²) in [6.07, 6.45) is 3.34. The van der Waals surface area contributed by atoms with Crippen LogP contribution in [0.2, 0.25) is 0 Å². The van der Waals surface area contributed by atoms with Gasteiger partial charge in [-0.05, 0) is 30.9 Å². The van der Waals surface area contributed by atoms with E-state index in [-0.39, 0.29) is 0 Å². The third-order valence-corrected chi connectivity index (χ3v) is 5.17. The Morgan fingerprint density at radius 2 is 1.62 bits per heavy atom. The summed E-state index contributed by atoms with van der Waals surface area (Å²) in [5, 5.41) is 7.12. The highest BCUT2D eigenvalue weighted by molar-refractivity contribution is 5.88. The quantitative estimate of drug-likeness (QED) is 0.699. The first-order chi connectivity index (χ1) is 15.2. The second-order valence-corrected chi connectivity index (χ2v) is 7.15. The minimum absolute atomic E-state index is 0.372. The van der Waals surface area contributed by atoms with Crippen molar-refractivity contribution in [3.63, 3.8) is 0 Å². The van der Waals surface area contributed by atoms with Crippen LogP contribution in [0.4, 0.5) is 24.8 Å². The van der Waals surface area contributed by atoms with Gasteiger partial charge in [0, 0.05) is 56.2 Å². The molecule has 1 fully saturated rings. The topological polar surface area (TPSA) is 109 Å². The number of piperazine rings is 1. The summed E-state index contributed by atoms with van der Waals surface area (Å²) in [6.45, 7) is 3.57. The minimum atomic E-state index is -5.08. The van der Waals surface area contributed by atoms with Gasteiger partial charge in [-0.3, -0.25) is 4.98 Å². The third kappa shape index (κ3) is 5.42. The van der Waals surface area contributed by atoms with Crippen molar-refractivity contribution in [1.82, 2.24) is 15.0 Å². The maximum absolute atomic E-state index is 11.5. The first-order valence-electron chi connectivity index (χ1n) is 9.88. The second-order valence-electron chi connectivity index (χ2n) is 7.15. The number of anilines is 2. The predicted octanol–water partition coefficient (Wildman–Crippen LogP) is 2.11. The van der Waals surface area contributed by atoms with Crippen LogP contribution in [0.1, 0.15) is 28.0 Å². The minimum Gasteiger partial charge on any atom is -0.475 e. The fourth-order valence-electron chi connectivity index (χ4n) is 3.60. The fourth-order valence-corrected chi connectivity index (χ4v) is 3.60. The van der Waals surface area contributed by atoms with Crippen molar-refractivity contribution in [3.8, 4) is 0 Å². The Morgan fingerprint density at radius 3 is 2.19 bits per heavy atom. The standard InChI is InChI=1S/C18H21N5O2.C2HF3O2/c1-25-17(24)13-11-20-18(21-12-13)23-9-7-22(8-10-23)16-5-6-19-15-4-2-3-14(15)16;3-2(4,5)1(6)7/h5-6,11-12H,2-4,7-10H2,1H3;(H,6,7). The van der Waals surface area contributed by atoms with E-state index in [1.807, 2.05) is 6.20 Å². The van der Waals surface area contributed by atoms with Crippen molar-refractivity contribution in [2.45, 2.75) is 25.4 Å². The molecule has 9 nitrogen and oxygen atoms in total. The Bertz CT molecular complexity index is 961. The van der Waals surface area contributed by atoms with Gasteiger partial charge < -0.3 is 19.6 Å². The highest BCUT2D eigenvalue weighted by Crippen LogP contribution is 2.30. The number of halogens is 3. The van der Waals surface area contributed by atoms with E-state index < -0.39 is 18.1 Å². The van der Waals surface area contributed by atoms with Gasteiger partial charge in [-0.1, -0.05) is 0 Å². The molecule has 0 amide bonds. The van der Waals surface area contributed by atoms with E-state index in [1.165, 1.54) is 42.9 Å². The van der Waals surface area contributed by atoms with E-state index in [1.54, 1.807) is 0 Å². The Balaban J connectivity index is 0.000000360. The lowest BCUT2D eigenvalue weighted by atomic mass is 10.1. The Labute approximate surface area is 181 Å². The molecule has 2 aliphatic rings. The third-order valence-electron chi connectivity index (χ3n) is 5.17. The molecular weight excluding hydrogens is 431 g/mol. The number of carboxylic acids is 1. The SMILES string of the molecule is COC(=O)c1cnc(N2CCN(c3ccnc4c3CCC4)CC2)nc1.O=C(O)C(F)(F)F. The van der Waals surface area contributed by atoms with Crippen molar-refractivity contribution in [3.05, 3.63) is 41.5 Å². The highest BCUT2D eigenvalue weighted by atomic mass is 19.4. The van der Waals surface area contributed by atoms with E-state index in [0.29, 0.717) is 11.5 Å². The van der Waals surface area contributed by atoms with Crippen LogP contribution in [-0.4, -0.2) is 71.5 Å². The lowest BCUT2D eigenvalue weighted by Crippen LogP contribution is -2.47. The van der Waals surface area contributed by atoms with Crippen molar-refractivity contribution in [2.75, 3.05) is 43.1 Å². The van der Waals surface area contributed by atoms with Gasteiger partial charge in [0.25, 0.3) is 0 Å². The summed E-state index contributed by atoms with van der Waals surface area (Å²) >= 11 is 0. The largest absolute Gasteiger partial charge is 0.490 e. The average Bonchev–Trinajstić information content (AvgIpc) is 3.28. The number of nitrogens with zero attached hydrogens (tertiary/aromatic N) is 5. The summed E-state index contributed by atoms with van der Waals surface area (Å²) in [5.41, 5.74) is 4.40. The number of pyridine rings is 1. The molecule has 0 saturated carbocycles. The molecule has 1 saturated heterocycles. The number of ether oxygens (including phenoxy) is 1. The average molecular weight is 453 g/mol. The number of hydrogen-bond donors (Lipinski definition) is 1. The summed E-state index contributed by atoms with van der Waals surface area (Å²) in [7, 11) is 1.35. The molecule has 1 aliphatic heterocycles. The normalized spacial score (nSPS) is 15.5. The smallest absolute Gasteiger partial charge is 0.475 e. The number of rotatable bonds is 3. The van der Waals surface area contributed by atoms with Crippen molar-refractivity contribution >= 4 is 23.6 Å². The van der Waals surface area contributed by atoms with Crippen LogP contribution in [-0.2, 0) is 22.4 Å². The first kappa shape index (κ1) is 23.2. The summed E-state index contributed by atoms with van der Waals surface area (Å²) < 4.78 is 36.4. The van der Waals surface area contributed by atoms with Crippen LogP contribution >= 0.6 is 0 Å². The lowest BCUT2D eigenvalue weighted by molar-refractivity contribution is -0.192. The van der Waals surface area contributed by atoms with Crippen LogP contribution < -0.4 is 9.80 Å². The molecule has 1 N–H and O–H groups in total. The van der Waals surface area contributed by atoms with Gasteiger partial charge >= 0.3 is 18.1 Å². The number of methoxy groups -OCH3 is 1. The zero-order valence-electron chi connectivity index (χ0n) is 17.3. The molecule has 0 radical (unpaired) electrons. The van der Waals surface area contributed by atoms with Crippen molar-refractivity contribution in [2.24, 2.45) is 0 Å². The summed E-state index contributed by atoms with van der Waals surface area (Å²) in [5.74, 6) is -2.51. The number of esters is 1. The molecule has 12 heteroatoms. The summed E-state index contributed by atoms with van der Waals surface area (Å²) in [6, 6.07) is 2.14. The number of fused-ring (bicyclic) bond motifs is 1. The monoisotopic (exact) mass is 453 g/mol. The van der Waals surface area contributed by atoms with Gasteiger partial charge in [-0.25, -0.2) is 19.6 Å². The number of hydrogen-bond acceptors (Lipinski definition) is 8. The van der Waals surface area contributed by atoms with Gasteiger partial charge in [0.15, 0.2) is 0 Å². The molecule has 3 heterocycles. The van der Waals surface area contributed by atoms with Crippen LogP contribution in [0.15, 0.2) is 24.7 Å². The van der Waals surface area contributed by atoms with Crippen molar-refractivity contribution < 1.29 is 32.6 Å². The number of carbonyl (C=O) groups excluding carboxylic acids is 1. The highest BCUT2D eigenvalue weighted by Gasteiger charge is 2.38. The zero-order valence-corrected chi connectivity index (χ0v) is 17.3. The number of carboxylic acid groups (broad SMARTS) is 1. The van der Waals surface area contributed by atoms with Gasteiger partial charge in [0.1, 0.15) is 0 Å². The van der Waals surface area contributed by atoms with Crippen LogP contribution in [0.5, 0.6) is 0 Å². The molecule has 0 unspecified atom stereocenters. The summed E-state index contributed by atoms with van der Waals surface area (Å²) in [4.78, 5) is 38.1. The second kappa shape index (κ2) is 9.79. The molecule has 172 valence electrons. The Kier molecular flexibility index (Phi) is 7.11. The molecule has 0 spiro atoms. The maximum Gasteiger partial charge on any atom is 0.490 e. The molecule has 0 atom stereocenters. The number of aromatic nitrogens is 3. The first-order valence-corrected chi connectivity index (χ1v) is 9.88. The maximum atomic E-state index is 11.5.